The molecule has 0 atom stereocenters. The summed E-state index contributed by atoms with van der Waals surface area (Å²) in [5.41, 5.74) is 5.76. The Morgan fingerprint density at radius 1 is 0.919 bits per heavy atom. The van der Waals surface area contributed by atoms with Crippen LogP contribution in [0, 0.1) is 0 Å². The molecule has 2 heterocycles. The zero-order chi connectivity index (χ0) is 26.4. The standard InChI is InChI=1S/C31H34N2O4/c1-5-10-22-17-21(13-15-29(22)37-28-12-9-8-11-23(28)18-31(35)36-4)20-33-27-19-24(6-2)32-26(7-3)25(27)14-16-30(33)34/h8-9,11-17,19H,5-7,10,18,20H2,1-4H3. The van der Waals surface area contributed by atoms with Gasteiger partial charge < -0.3 is 14.0 Å². The van der Waals surface area contributed by atoms with Gasteiger partial charge in [-0.15, -0.1) is 0 Å². The molecular weight excluding hydrogens is 464 g/mol. The fraction of sp³-hybridized carbons (Fsp3) is 0.323. The highest BCUT2D eigenvalue weighted by molar-refractivity contribution is 5.82. The third kappa shape index (κ3) is 5.91. The molecule has 0 radical (unpaired) electrons. The summed E-state index contributed by atoms with van der Waals surface area (Å²) in [6, 6.07) is 19.2. The molecule has 0 bridgehead atoms. The van der Waals surface area contributed by atoms with Crippen LogP contribution in [-0.4, -0.2) is 22.6 Å². The Bertz CT molecular complexity index is 1470. The van der Waals surface area contributed by atoms with E-state index in [1.165, 1.54) is 7.11 Å². The Labute approximate surface area is 217 Å². The van der Waals surface area contributed by atoms with Gasteiger partial charge in [0.15, 0.2) is 0 Å². The number of hydrogen-bond acceptors (Lipinski definition) is 5. The minimum Gasteiger partial charge on any atom is -0.469 e. The van der Waals surface area contributed by atoms with Gasteiger partial charge in [-0.2, -0.15) is 0 Å². The molecule has 0 saturated heterocycles. The number of nitrogens with zero attached hydrogens (tertiary/aromatic N) is 2. The molecule has 0 aliphatic carbocycles. The molecule has 0 amide bonds. The lowest BCUT2D eigenvalue weighted by atomic mass is 10.0. The Kier molecular flexibility index (Phi) is 8.39. The van der Waals surface area contributed by atoms with E-state index in [9.17, 15) is 9.59 Å². The van der Waals surface area contributed by atoms with E-state index in [2.05, 4.69) is 26.8 Å². The van der Waals surface area contributed by atoms with E-state index in [4.69, 9.17) is 14.5 Å². The average molecular weight is 499 g/mol. The van der Waals surface area contributed by atoms with Gasteiger partial charge in [-0.25, -0.2) is 0 Å². The van der Waals surface area contributed by atoms with Crippen molar-refractivity contribution in [3.63, 3.8) is 0 Å². The fourth-order valence-corrected chi connectivity index (χ4v) is 4.60. The van der Waals surface area contributed by atoms with E-state index in [-0.39, 0.29) is 17.9 Å². The van der Waals surface area contributed by atoms with E-state index in [0.29, 0.717) is 12.3 Å². The Morgan fingerprint density at radius 3 is 2.43 bits per heavy atom. The molecule has 4 aromatic rings. The third-order valence-corrected chi connectivity index (χ3v) is 6.56. The largest absolute Gasteiger partial charge is 0.469 e. The van der Waals surface area contributed by atoms with Crippen molar-refractivity contribution in [1.29, 1.82) is 0 Å². The second-order valence-corrected chi connectivity index (χ2v) is 9.11. The Morgan fingerprint density at radius 2 is 1.70 bits per heavy atom. The van der Waals surface area contributed by atoms with Gasteiger partial charge in [0.05, 0.1) is 25.6 Å². The summed E-state index contributed by atoms with van der Waals surface area (Å²) in [6.07, 6.45) is 3.55. The molecule has 4 rings (SSSR count). The number of esters is 1. The number of methoxy groups -OCH3 is 1. The number of para-hydroxylation sites is 1. The maximum Gasteiger partial charge on any atom is 0.310 e. The second kappa shape index (κ2) is 11.9. The minimum atomic E-state index is -0.312. The van der Waals surface area contributed by atoms with Gasteiger partial charge in [0.1, 0.15) is 11.5 Å². The smallest absolute Gasteiger partial charge is 0.310 e. The van der Waals surface area contributed by atoms with Gasteiger partial charge in [-0.1, -0.05) is 57.5 Å². The summed E-state index contributed by atoms with van der Waals surface area (Å²) in [7, 11) is 1.38. The highest BCUT2D eigenvalue weighted by atomic mass is 16.5. The number of benzene rings is 2. The van der Waals surface area contributed by atoms with Crippen LogP contribution in [0.15, 0.2) is 65.5 Å². The van der Waals surface area contributed by atoms with Gasteiger partial charge in [0, 0.05) is 28.4 Å². The highest BCUT2D eigenvalue weighted by Crippen LogP contribution is 2.31. The first-order valence-corrected chi connectivity index (χ1v) is 12.9. The predicted molar refractivity (Wildman–Crippen MR) is 147 cm³/mol. The van der Waals surface area contributed by atoms with Crippen LogP contribution in [0.2, 0.25) is 0 Å². The first kappa shape index (κ1) is 26.1. The van der Waals surface area contributed by atoms with Crippen LogP contribution in [0.1, 0.15) is 55.3 Å². The van der Waals surface area contributed by atoms with Crippen LogP contribution in [0.25, 0.3) is 10.9 Å². The van der Waals surface area contributed by atoms with Crippen molar-refractivity contribution in [3.8, 4) is 11.5 Å². The predicted octanol–water partition coefficient (Wildman–Crippen LogP) is 6.03. The molecule has 0 aliphatic rings. The van der Waals surface area contributed by atoms with E-state index in [0.717, 1.165) is 70.4 Å². The van der Waals surface area contributed by atoms with E-state index in [1.54, 1.807) is 6.07 Å². The van der Waals surface area contributed by atoms with E-state index in [1.807, 2.05) is 53.1 Å². The summed E-state index contributed by atoms with van der Waals surface area (Å²) < 4.78 is 13.0. The number of ether oxygens (including phenoxy) is 2. The zero-order valence-corrected chi connectivity index (χ0v) is 22.0. The van der Waals surface area contributed by atoms with Crippen molar-refractivity contribution in [2.45, 2.75) is 59.4 Å². The van der Waals surface area contributed by atoms with Crippen LogP contribution in [0.3, 0.4) is 0 Å². The number of pyridine rings is 2. The zero-order valence-electron chi connectivity index (χ0n) is 22.0. The van der Waals surface area contributed by atoms with Gasteiger partial charge in [0.25, 0.3) is 5.56 Å². The molecule has 0 saturated carbocycles. The lowest BCUT2D eigenvalue weighted by Crippen LogP contribution is -2.21. The molecule has 2 aromatic carbocycles. The summed E-state index contributed by atoms with van der Waals surface area (Å²) in [5, 5.41) is 1.02. The van der Waals surface area contributed by atoms with Crippen LogP contribution >= 0.6 is 0 Å². The third-order valence-electron chi connectivity index (χ3n) is 6.56. The van der Waals surface area contributed by atoms with Crippen LogP contribution in [0.5, 0.6) is 11.5 Å². The maximum atomic E-state index is 13.0. The van der Waals surface area contributed by atoms with Gasteiger partial charge in [-0.05, 0) is 54.7 Å². The van der Waals surface area contributed by atoms with Crippen molar-refractivity contribution in [3.05, 3.63) is 99.1 Å². The van der Waals surface area contributed by atoms with Crippen LogP contribution in [0.4, 0.5) is 0 Å². The first-order chi connectivity index (χ1) is 18.0. The quantitative estimate of drug-likeness (QED) is 0.250. The van der Waals surface area contributed by atoms with Crippen LogP contribution in [-0.2, 0) is 41.8 Å². The molecule has 0 unspecified atom stereocenters. The van der Waals surface area contributed by atoms with Gasteiger partial charge >= 0.3 is 5.97 Å². The van der Waals surface area contributed by atoms with Crippen molar-refractivity contribution in [2.75, 3.05) is 7.11 Å². The average Bonchev–Trinajstić information content (AvgIpc) is 2.92. The van der Waals surface area contributed by atoms with Crippen molar-refractivity contribution < 1.29 is 14.3 Å². The number of carbonyl (C=O) groups excluding carboxylic acids is 1. The van der Waals surface area contributed by atoms with E-state index >= 15 is 0 Å². The highest BCUT2D eigenvalue weighted by Gasteiger charge is 2.14. The first-order valence-electron chi connectivity index (χ1n) is 12.9. The SMILES string of the molecule is CCCc1cc(Cn2c(=O)ccc3c(CC)nc(CC)cc32)ccc1Oc1ccccc1CC(=O)OC. The summed E-state index contributed by atoms with van der Waals surface area (Å²) in [5.74, 6) is 1.07. The van der Waals surface area contributed by atoms with Crippen molar-refractivity contribution in [2.24, 2.45) is 0 Å². The van der Waals surface area contributed by atoms with Crippen LogP contribution < -0.4 is 10.3 Å². The second-order valence-electron chi connectivity index (χ2n) is 9.11. The molecule has 0 fully saturated rings. The number of rotatable bonds is 10. The molecular formula is C31H34N2O4. The molecule has 37 heavy (non-hydrogen) atoms. The summed E-state index contributed by atoms with van der Waals surface area (Å²) in [4.78, 5) is 29.6. The molecule has 6 heteroatoms. The Balaban J connectivity index is 1.71. The lowest BCUT2D eigenvalue weighted by molar-refractivity contribution is -0.139. The minimum absolute atomic E-state index is 0.0306. The van der Waals surface area contributed by atoms with Crippen molar-refractivity contribution in [1.82, 2.24) is 9.55 Å². The molecule has 6 nitrogen and oxygen atoms in total. The maximum absolute atomic E-state index is 13.0. The van der Waals surface area contributed by atoms with Crippen molar-refractivity contribution >= 4 is 16.9 Å². The number of fused-ring (bicyclic) bond motifs is 1. The summed E-state index contributed by atoms with van der Waals surface area (Å²) >= 11 is 0. The normalized spacial score (nSPS) is 11.0. The van der Waals surface area contributed by atoms with E-state index < -0.39 is 0 Å². The molecule has 0 N–H and O–H groups in total. The molecule has 192 valence electrons. The lowest BCUT2D eigenvalue weighted by Gasteiger charge is -2.17. The molecule has 0 aliphatic heterocycles. The number of hydrogen-bond donors (Lipinski definition) is 0. The monoisotopic (exact) mass is 498 g/mol. The fourth-order valence-electron chi connectivity index (χ4n) is 4.60. The Hall–Kier alpha value is -3.93. The molecule has 2 aromatic heterocycles. The topological polar surface area (TPSA) is 70.4 Å². The van der Waals surface area contributed by atoms with Gasteiger partial charge in [-0.3, -0.25) is 14.6 Å². The summed E-state index contributed by atoms with van der Waals surface area (Å²) in [6.45, 7) is 6.76. The number of carbonyl (C=O) groups is 1. The number of aromatic nitrogens is 2. The molecule has 0 spiro atoms. The van der Waals surface area contributed by atoms with Gasteiger partial charge in [0.2, 0.25) is 0 Å². The number of aryl methyl sites for hydroxylation is 3.